The number of carboxylic acid groups (broad SMARTS) is 1. The molecule has 3 aromatic carbocycles. The molecule has 7 nitrogen and oxygen atoms in total. The molecule has 5 rings (SSSR count). The number of fused-ring (bicyclic) bond motifs is 1. The van der Waals surface area contributed by atoms with Crippen molar-refractivity contribution in [2.75, 3.05) is 19.8 Å². The minimum absolute atomic E-state index is 0.102. The lowest BCUT2D eigenvalue weighted by molar-refractivity contribution is -0.136. The maximum Gasteiger partial charge on any atom is 0.307 e. The minimum Gasteiger partial charge on any atom is -0.490 e. The predicted molar refractivity (Wildman–Crippen MR) is 145 cm³/mol. The largest absolute Gasteiger partial charge is 0.490 e. The van der Waals surface area contributed by atoms with Crippen LogP contribution in [0.3, 0.4) is 0 Å². The summed E-state index contributed by atoms with van der Waals surface area (Å²) in [6.45, 7) is 2.93. The zero-order valence-corrected chi connectivity index (χ0v) is 21.4. The van der Waals surface area contributed by atoms with Crippen LogP contribution in [0.5, 0.6) is 11.5 Å². The highest BCUT2D eigenvalue weighted by Crippen LogP contribution is 2.37. The van der Waals surface area contributed by atoms with Gasteiger partial charge in [0.25, 0.3) is 0 Å². The Labute approximate surface area is 222 Å². The van der Waals surface area contributed by atoms with Gasteiger partial charge < -0.3 is 29.5 Å². The van der Waals surface area contributed by atoms with Crippen LogP contribution >= 0.6 is 0 Å². The third-order valence-corrected chi connectivity index (χ3v) is 7.04. The van der Waals surface area contributed by atoms with E-state index in [0.717, 1.165) is 60.1 Å². The van der Waals surface area contributed by atoms with Crippen LogP contribution in [0.4, 0.5) is 0 Å². The molecule has 0 aliphatic carbocycles. The molecule has 1 aromatic heterocycles. The molecule has 4 aromatic rings. The van der Waals surface area contributed by atoms with Crippen molar-refractivity contribution in [3.63, 3.8) is 0 Å². The van der Waals surface area contributed by atoms with E-state index in [2.05, 4.69) is 18.2 Å². The van der Waals surface area contributed by atoms with E-state index in [-0.39, 0.29) is 13.0 Å². The summed E-state index contributed by atoms with van der Waals surface area (Å²) >= 11 is 0. The minimum atomic E-state index is -0.901. The van der Waals surface area contributed by atoms with Crippen molar-refractivity contribution in [3.05, 3.63) is 83.6 Å². The fourth-order valence-corrected chi connectivity index (χ4v) is 4.90. The van der Waals surface area contributed by atoms with Gasteiger partial charge in [-0.2, -0.15) is 0 Å². The van der Waals surface area contributed by atoms with Gasteiger partial charge in [-0.15, -0.1) is 0 Å². The van der Waals surface area contributed by atoms with E-state index in [4.69, 9.17) is 24.4 Å². The van der Waals surface area contributed by atoms with E-state index in [1.807, 2.05) is 30.3 Å². The second-order valence-corrected chi connectivity index (χ2v) is 9.68. The zero-order chi connectivity index (χ0) is 26.3. The highest BCUT2D eigenvalue weighted by atomic mass is 16.5. The number of nitrogens with two attached hydrogens (primary N) is 1. The van der Waals surface area contributed by atoms with E-state index in [1.165, 1.54) is 0 Å². The van der Waals surface area contributed by atoms with Gasteiger partial charge in [-0.3, -0.25) is 4.79 Å². The summed E-state index contributed by atoms with van der Waals surface area (Å²) in [5.74, 6) is 0.945. The molecule has 198 valence electrons. The number of benzene rings is 3. The van der Waals surface area contributed by atoms with Gasteiger partial charge in [0.1, 0.15) is 12.4 Å². The molecule has 0 radical (unpaired) electrons. The highest BCUT2D eigenvalue weighted by Gasteiger charge is 2.18. The number of ether oxygens (including phenoxy) is 3. The molecule has 1 aliphatic heterocycles. The van der Waals surface area contributed by atoms with Crippen LogP contribution in [-0.4, -0.2) is 30.9 Å². The molecule has 1 fully saturated rings. The van der Waals surface area contributed by atoms with Gasteiger partial charge in [0.2, 0.25) is 0 Å². The van der Waals surface area contributed by atoms with Crippen molar-refractivity contribution < 1.29 is 28.5 Å². The SMILES string of the molecule is NCc1cccc(-c2cc(OCCC3CCOCC3)c3occ(COc4ccccc4CC(=O)O)c3c2)c1. The average Bonchev–Trinajstić information content (AvgIpc) is 3.36. The van der Waals surface area contributed by atoms with Crippen LogP contribution in [-0.2, 0) is 29.1 Å². The topological polar surface area (TPSA) is 104 Å². The molecule has 0 bridgehead atoms. The van der Waals surface area contributed by atoms with Crippen molar-refractivity contribution in [2.24, 2.45) is 11.7 Å². The fraction of sp³-hybridized carbons (Fsp3) is 0.323. The van der Waals surface area contributed by atoms with Crippen molar-refractivity contribution in [1.82, 2.24) is 0 Å². The molecule has 3 N–H and O–H groups in total. The Balaban J connectivity index is 1.43. The summed E-state index contributed by atoms with van der Waals surface area (Å²) in [6, 6.07) is 19.5. The molecule has 38 heavy (non-hydrogen) atoms. The highest BCUT2D eigenvalue weighted by molar-refractivity contribution is 5.91. The van der Waals surface area contributed by atoms with Crippen molar-refractivity contribution in [1.29, 1.82) is 0 Å². The second-order valence-electron chi connectivity index (χ2n) is 9.68. The Kier molecular flexibility index (Phi) is 8.26. The Bertz CT molecular complexity index is 1390. The lowest BCUT2D eigenvalue weighted by Crippen LogP contribution is -2.17. The standard InChI is InChI=1S/C31H33NO6/c32-18-22-4-3-6-23(14-22)25-15-27-26(19-37-28-7-2-1-5-24(28)17-30(33)34)20-38-31(27)29(16-25)36-13-10-21-8-11-35-12-9-21/h1-7,14-16,20-21H,8-13,17-19,32H2,(H,33,34). The summed E-state index contributed by atoms with van der Waals surface area (Å²) in [7, 11) is 0. The van der Waals surface area contributed by atoms with Gasteiger partial charge in [0, 0.05) is 36.3 Å². The lowest BCUT2D eigenvalue weighted by Gasteiger charge is -2.21. The normalized spacial score (nSPS) is 14.0. The molecular weight excluding hydrogens is 482 g/mol. The monoisotopic (exact) mass is 515 g/mol. The third-order valence-electron chi connectivity index (χ3n) is 7.04. The Morgan fingerprint density at radius 2 is 1.79 bits per heavy atom. The molecule has 2 heterocycles. The predicted octanol–water partition coefficient (Wildman–Crippen LogP) is 5.96. The molecule has 0 atom stereocenters. The second kappa shape index (κ2) is 12.2. The Hall–Kier alpha value is -3.81. The Morgan fingerprint density at radius 1 is 0.947 bits per heavy atom. The van der Waals surface area contributed by atoms with Gasteiger partial charge in [-0.05, 0) is 66.1 Å². The van der Waals surface area contributed by atoms with Crippen molar-refractivity contribution in [3.8, 4) is 22.6 Å². The smallest absolute Gasteiger partial charge is 0.307 e. The zero-order valence-electron chi connectivity index (χ0n) is 21.4. The van der Waals surface area contributed by atoms with Crippen LogP contribution in [0.2, 0.25) is 0 Å². The molecule has 0 saturated carbocycles. The number of aliphatic carboxylic acids is 1. The molecule has 0 unspecified atom stereocenters. The first kappa shape index (κ1) is 25.8. The number of furan rings is 1. The van der Waals surface area contributed by atoms with Crippen LogP contribution < -0.4 is 15.2 Å². The van der Waals surface area contributed by atoms with E-state index < -0.39 is 5.97 Å². The van der Waals surface area contributed by atoms with Crippen LogP contribution in [0.15, 0.2) is 71.3 Å². The van der Waals surface area contributed by atoms with Crippen molar-refractivity contribution in [2.45, 2.75) is 38.8 Å². The number of carboxylic acids is 1. The van der Waals surface area contributed by atoms with Crippen LogP contribution in [0.1, 0.15) is 36.0 Å². The van der Waals surface area contributed by atoms with Crippen LogP contribution in [0.25, 0.3) is 22.1 Å². The molecule has 1 aliphatic rings. The first-order valence-corrected chi connectivity index (χ1v) is 13.1. The summed E-state index contributed by atoms with van der Waals surface area (Å²) in [5, 5.41) is 10.1. The van der Waals surface area contributed by atoms with E-state index in [9.17, 15) is 9.90 Å². The summed E-state index contributed by atoms with van der Waals surface area (Å²) in [5.41, 5.74) is 11.2. The number of carbonyl (C=O) groups is 1. The van der Waals surface area contributed by atoms with Gasteiger partial charge in [0.05, 0.1) is 19.3 Å². The van der Waals surface area contributed by atoms with Gasteiger partial charge >= 0.3 is 5.97 Å². The summed E-state index contributed by atoms with van der Waals surface area (Å²) in [4.78, 5) is 11.3. The number of rotatable bonds is 11. The number of para-hydroxylation sites is 1. The summed E-state index contributed by atoms with van der Waals surface area (Å²) < 4.78 is 23.9. The Morgan fingerprint density at radius 3 is 2.61 bits per heavy atom. The molecule has 1 saturated heterocycles. The number of hydrogen-bond acceptors (Lipinski definition) is 6. The number of hydrogen-bond donors (Lipinski definition) is 2. The van der Waals surface area contributed by atoms with Gasteiger partial charge in [-0.1, -0.05) is 36.4 Å². The van der Waals surface area contributed by atoms with Gasteiger partial charge in [-0.25, -0.2) is 0 Å². The van der Waals surface area contributed by atoms with Crippen LogP contribution in [0, 0.1) is 5.92 Å². The molecule has 0 spiro atoms. The van der Waals surface area contributed by atoms with Gasteiger partial charge in [0.15, 0.2) is 11.3 Å². The van der Waals surface area contributed by atoms with E-state index in [1.54, 1.807) is 18.4 Å². The molecule has 7 heteroatoms. The lowest BCUT2D eigenvalue weighted by atomic mass is 9.97. The fourth-order valence-electron chi connectivity index (χ4n) is 4.90. The third kappa shape index (κ3) is 6.18. The molecule has 0 amide bonds. The first-order valence-electron chi connectivity index (χ1n) is 13.1. The maximum atomic E-state index is 11.3. The summed E-state index contributed by atoms with van der Waals surface area (Å²) in [6.07, 6.45) is 4.69. The van der Waals surface area contributed by atoms with E-state index >= 15 is 0 Å². The van der Waals surface area contributed by atoms with E-state index in [0.29, 0.717) is 41.7 Å². The van der Waals surface area contributed by atoms with Crippen molar-refractivity contribution >= 4 is 16.9 Å². The quantitative estimate of drug-likeness (QED) is 0.254. The average molecular weight is 516 g/mol. The maximum absolute atomic E-state index is 11.3. The molecular formula is C31H33NO6. The first-order chi connectivity index (χ1) is 18.6.